The Morgan fingerprint density at radius 1 is 1.00 bits per heavy atom. The molecule has 4 aromatic rings. The number of hydrogen-bond donors (Lipinski definition) is 0. The Balaban J connectivity index is 1.69. The molecule has 0 N–H and O–H groups in total. The quantitative estimate of drug-likeness (QED) is 0.415. The predicted octanol–water partition coefficient (Wildman–Crippen LogP) is 4.22. The molecule has 0 bridgehead atoms. The summed E-state index contributed by atoms with van der Waals surface area (Å²) in [5.74, 6) is 0.947. The molecular formula is C21H18ClN3O4S. The van der Waals surface area contributed by atoms with Crippen LogP contribution >= 0.6 is 11.6 Å². The average molecular weight is 444 g/mol. The maximum Gasteiger partial charge on any atom is 0.269 e. The van der Waals surface area contributed by atoms with E-state index in [-0.39, 0.29) is 28.3 Å². The Hall–Kier alpha value is -3.10. The van der Waals surface area contributed by atoms with Crippen molar-refractivity contribution in [1.82, 2.24) is 13.9 Å². The summed E-state index contributed by atoms with van der Waals surface area (Å²) < 4.78 is 38.2. The Morgan fingerprint density at radius 3 is 2.37 bits per heavy atom. The minimum Gasteiger partial charge on any atom is -0.497 e. The highest BCUT2D eigenvalue weighted by Gasteiger charge is 2.22. The van der Waals surface area contributed by atoms with Gasteiger partial charge in [-0.1, -0.05) is 29.8 Å². The molecular weight excluding hydrogens is 426 g/mol. The highest BCUT2D eigenvalue weighted by Crippen LogP contribution is 2.29. The molecule has 0 atom stereocenters. The molecule has 2 aromatic carbocycles. The third-order valence-corrected chi connectivity index (χ3v) is 6.41. The number of benzene rings is 2. The van der Waals surface area contributed by atoms with Crippen molar-refractivity contribution in [2.24, 2.45) is 0 Å². The fourth-order valence-corrected chi connectivity index (χ4v) is 4.39. The summed E-state index contributed by atoms with van der Waals surface area (Å²) in [7, 11) is -2.25. The lowest BCUT2D eigenvalue weighted by atomic mass is 10.2. The number of aryl methyl sites for hydroxylation is 1. The van der Waals surface area contributed by atoms with Gasteiger partial charge in [0.25, 0.3) is 10.0 Å². The highest BCUT2D eigenvalue weighted by molar-refractivity contribution is 7.90. The molecule has 0 radical (unpaired) electrons. The van der Waals surface area contributed by atoms with Crippen LogP contribution in [-0.2, 0) is 16.6 Å². The SMILES string of the molecule is COc1ccc(COc2nc(Cl)nc3c2ccn3S(=O)(=O)c2ccc(C)cc2)cc1. The van der Waals surface area contributed by atoms with Gasteiger partial charge in [-0.25, -0.2) is 12.4 Å². The van der Waals surface area contributed by atoms with E-state index in [9.17, 15) is 8.42 Å². The molecule has 0 aliphatic heterocycles. The van der Waals surface area contributed by atoms with Gasteiger partial charge in [-0.05, 0) is 54.4 Å². The molecule has 2 aromatic heterocycles. The summed E-state index contributed by atoms with van der Waals surface area (Å²) >= 11 is 6.06. The molecule has 0 fully saturated rings. The van der Waals surface area contributed by atoms with Gasteiger partial charge < -0.3 is 9.47 Å². The lowest BCUT2D eigenvalue weighted by Gasteiger charge is -2.10. The first kappa shape index (κ1) is 20.2. The molecule has 0 aliphatic rings. The fraction of sp³-hybridized carbons (Fsp3) is 0.143. The van der Waals surface area contributed by atoms with Crippen molar-refractivity contribution in [2.45, 2.75) is 18.4 Å². The van der Waals surface area contributed by atoms with Crippen LogP contribution in [0.2, 0.25) is 5.28 Å². The van der Waals surface area contributed by atoms with Gasteiger partial charge >= 0.3 is 0 Å². The van der Waals surface area contributed by atoms with E-state index in [0.29, 0.717) is 5.39 Å². The van der Waals surface area contributed by atoms with Gasteiger partial charge in [0, 0.05) is 6.20 Å². The van der Waals surface area contributed by atoms with Crippen molar-refractivity contribution in [3.8, 4) is 11.6 Å². The van der Waals surface area contributed by atoms with Crippen LogP contribution in [0.15, 0.2) is 65.7 Å². The molecule has 30 heavy (non-hydrogen) atoms. The van der Waals surface area contributed by atoms with Crippen molar-refractivity contribution in [1.29, 1.82) is 0 Å². The lowest BCUT2D eigenvalue weighted by Crippen LogP contribution is -2.12. The maximum atomic E-state index is 13.1. The normalized spacial score (nSPS) is 11.6. The van der Waals surface area contributed by atoms with Gasteiger partial charge in [-0.15, -0.1) is 0 Å². The van der Waals surface area contributed by atoms with E-state index in [2.05, 4.69) is 9.97 Å². The van der Waals surface area contributed by atoms with Crippen LogP contribution in [0.25, 0.3) is 11.0 Å². The number of ether oxygens (including phenoxy) is 2. The molecule has 0 unspecified atom stereocenters. The largest absolute Gasteiger partial charge is 0.497 e. The zero-order valence-corrected chi connectivity index (χ0v) is 17.8. The van der Waals surface area contributed by atoms with E-state index in [1.165, 1.54) is 6.20 Å². The third kappa shape index (κ3) is 3.83. The molecule has 2 heterocycles. The van der Waals surface area contributed by atoms with E-state index in [0.717, 1.165) is 20.8 Å². The number of nitrogens with zero attached hydrogens (tertiary/aromatic N) is 3. The Kier molecular flexibility index (Phi) is 5.36. The minimum atomic E-state index is -3.85. The first-order valence-electron chi connectivity index (χ1n) is 9.01. The molecule has 0 saturated carbocycles. The summed E-state index contributed by atoms with van der Waals surface area (Å²) in [6, 6.07) is 15.6. The topological polar surface area (TPSA) is 83.3 Å². The molecule has 9 heteroatoms. The van der Waals surface area contributed by atoms with Crippen LogP contribution < -0.4 is 9.47 Å². The van der Waals surface area contributed by atoms with Gasteiger partial charge in [0.2, 0.25) is 11.2 Å². The summed E-state index contributed by atoms with van der Waals surface area (Å²) in [6.07, 6.45) is 1.42. The van der Waals surface area contributed by atoms with E-state index in [1.807, 2.05) is 31.2 Å². The molecule has 0 saturated heterocycles. The van der Waals surface area contributed by atoms with Crippen molar-refractivity contribution in [3.05, 3.63) is 77.2 Å². The number of rotatable bonds is 6. The minimum absolute atomic E-state index is 0.105. The second-order valence-electron chi connectivity index (χ2n) is 6.60. The van der Waals surface area contributed by atoms with Crippen LogP contribution in [0, 0.1) is 6.92 Å². The lowest BCUT2D eigenvalue weighted by molar-refractivity contribution is 0.297. The van der Waals surface area contributed by atoms with Gasteiger partial charge in [-0.3, -0.25) is 0 Å². The van der Waals surface area contributed by atoms with Crippen LogP contribution in [0.5, 0.6) is 11.6 Å². The fourth-order valence-electron chi connectivity index (χ4n) is 2.94. The van der Waals surface area contributed by atoms with E-state index >= 15 is 0 Å². The number of halogens is 1. The van der Waals surface area contributed by atoms with E-state index in [4.69, 9.17) is 21.1 Å². The molecule has 0 spiro atoms. The van der Waals surface area contributed by atoms with Crippen LogP contribution in [0.4, 0.5) is 0 Å². The first-order chi connectivity index (χ1) is 14.4. The third-order valence-electron chi connectivity index (χ3n) is 4.56. The van der Waals surface area contributed by atoms with Crippen molar-refractivity contribution in [2.75, 3.05) is 7.11 Å². The second-order valence-corrected chi connectivity index (χ2v) is 8.75. The predicted molar refractivity (Wildman–Crippen MR) is 114 cm³/mol. The zero-order valence-electron chi connectivity index (χ0n) is 16.2. The van der Waals surface area contributed by atoms with Gasteiger partial charge in [0.05, 0.1) is 17.4 Å². The molecule has 0 aliphatic carbocycles. The van der Waals surface area contributed by atoms with E-state index in [1.54, 1.807) is 37.4 Å². The number of fused-ring (bicyclic) bond motifs is 1. The summed E-state index contributed by atoms with van der Waals surface area (Å²) in [6.45, 7) is 2.11. The van der Waals surface area contributed by atoms with Crippen LogP contribution in [0.1, 0.15) is 11.1 Å². The molecule has 154 valence electrons. The van der Waals surface area contributed by atoms with Crippen LogP contribution in [-0.4, -0.2) is 29.5 Å². The second kappa shape index (κ2) is 7.97. The molecule has 7 nitrogen and oxygen atoms in total. The van der Waals surface area contributed by atoms with Crippen molar-refractivity contribution >= 4 is 32.7 Å². The Bertz CT molecular complexity index is 1300. The van der Waals surface area contributed by atoms with Gasteiger partial charge in [0.1, 0.15) is 12.4 Å². The Morgan fingerprint density at radius 2 is 1.70 bits per heavy atom. The number of hydrogen-bond acceptors (Lipinski definition) is 6. The smallest absolute Gasteiger partial charge is 0.269 e. The maximum absolute atomic E-state index is 13.1. The van der Waals surface area contributed by atoms with Gasteiger partial charge in [0.15, 0.2) is 5.65 Å². The van der Waals surface area contributed by atoms with Gasteiger partial charge in [-0.2, -0.15) is 9.97 Å². The first-order valence-corrected chi connectivity index (χ1v) is 10.8. The van der Waals surface area contributed by atoms with Crippen LogP contribution in [0.3, 0.4) is 0 Å². The van der Waals surface area contributed by atoms with Crippen molar-refractivity contribution in [3.63, 3.8) is 0 Å². The summed E-state index contributed by atoms with van der Waals surface area (Å²) in [5.41, 5.74) is 2.01. The molecule has 0 amide bonds. The summed E-state index contributed by atoms with van der Waals surface area (Å²) in [4.78, 5) is 8.41. The highest BCUT2D eigenvalue weighted by atomic mass is 35.5. The zero-order chi connectivity index (χ0) is 21.3. The summed E-state index contributed by atoms with van der Waals surface area (Å²) in [5, 5.41) is 0.342. The number of aromatic nitrogens is 3. The number of methoxy groups -OCH3 is 1. The van der Waals surface area contributed by atoms with E-state index < -0.39 is 10.0 Å². The molecule has 4 rings (SSSR count). The Labute approximate surface area is 178 Å². The monoisotopic (exact) mass is 443 g/mol. The standard InChI is InChI=1S/C21H18ClN3O4S/c1-14-3-9-17(10-4-14)30(26,27)25-12-11-18-19(25)23-21(22)24-20(18)29-13-15-5-7-16(28-2)8-6-15/h3-12H,13H2,1-2H3. The van der Waals surface area contributed by atoms with Crippen molar-refractivity contribution < 1.29 is 17.9 Å². The average Bonchev–Trinajstić information content (AvgIpc) is 3.17.